The van der Waals surface area contributed by atoms with Gasteiger partial charge in [-0.15, -0.1) is 11.3 Å². The van der Waals surface area contributed by atoms with E-state index in [2.05, 4.69) is 15.6 Å². The van der Waals surface area contributed by atoms with Gasteiger partial charge in [-0.25, -0.2) is 14.9 Å². The van der Waals surface area contributed by atoms with Crippen LogP contribution in [-0.2, 0) is 18.9 Å². The summed E-state index contributed by atoms with van der Waals surface area (Å²) < 4.78 is 2.01. The highest BCUT2D eigenvalue weighted by Crippen LogP contribution is 2.15. The first-order valence-electron chi connectivity index (χ1n) is 6.96. The number of hydrogen-bond acceptors (Lipinski definition) is 7. The summed E-state index contributed by atoms with van der Waals surface area (Å²) in [4.78, 5) is 37.5. The number of aryl methyl sites for hydroxylation is 2. The van der Waals surface area contributed by atoms with Gasteiger partial charge < -0.3 is 0 Å². The van der Waals surface area contributed by atoms with Crippen LogP contribution in [0, 0.1) is 6.92 Å². The fourth-order valence-electron chi connectivity index (χ4n) is 1.76. The number of nitrogens with zero attached hydrogens (tertiary/aromatic N) is 4. The number of hydrogen-bond donors (Lipinski definition) is 1. The minimum Gasteiger partial charge on any atom is -0.272 e. The molecule has 0 atom stereocenters. The maximum absolute atomic E-state index is 11.9. The Morgan fingerprint density at radius 3 is 2.71 bits per heavy atom. The highest BCUT2D eigenvalue weighted by molar-refractivity contribution is 7.99. The van der Waals surface area contributed by atoms with Crippen molar-refractivity contribution in [3.63, 3.8) is 0 Å². The van der Waals surface area contributed by atoms with E-state index in [1.54, 1.807) is 11.3 Å². The number of thioether (sulfide) groups is 1. The molecule has 0 aromatic carbocycles. The summed E-state index contributed by atoms with van der Waals surface area (Å²) in [6.07, 6.45) is 0. The number of amides is 1. The summed E-state index contributed by atoms with van der Waals surface area (Å²) in [5.41, 5.74) is 2.12. The second-order valence-electron chi connectivity index (χ2n) is 5.01. The van der Waals surface area contributed by atoms with Crippen LogP contribution in [0.15, 0.2) is 31.8 Å². The first-order valence-corrected chi connectivity index (χ1v) is 8.77. The molecule has 1 amide bonds. The quantitative estimate of drug-likeness (QED) is 0.471. The first-order chi connectivity index (χ1) is 11.3. The van der Waals surface area contributed by atoms with Crippen LogP contribution in [-0.4, -0.2) is 31.7 Å². The topological polar surface area (TPSA) is 98.3 Å². The predicted octanol–water partition coefficient (Wildman–Crippen LogP) is 0.481. The van der Waals surface area contributed by atoms with Crippen molar-refractivity contribution in [1.82, 2.24) is 19.8 Å². The lowest BCUT2D eigenvalue weighted by molar-refractivity contribution is -0.118. The Kier molecular flexibility index (Phi) is 5.73. The summed E-state index contributed by atoms with van der Waals surface area (Å²) in [6.45, 7) is 3.81. The molecule has 0 saturated carbocycles. The molecule has 10 heteroatoms. The van der Waals surface area contributed by atoms with Crippen molar-refractivity contribution < 1.29 is 4.79 Å². The molecule has 1 N–H and O–H groups in total. The molecule has 0 aliphatic rings. The summed E-state index contributed by atoms with van der Waals surface area (Å²) in [5.74, 6) is -0.383. The van der Waals surface area contributed by atoms with Gasteiger partial charge in [0.1, 0.15) is 0 Å². The molecule has 0 unspecified atom stereocenters. The average Bonchev–Trinajstić information content (AvgIpc) is 2.99. The molecule has 0 saturated heterocycles. The van der Waals surface area contributed by atoms with Crippen LogP contribution in [0.5, 0.6) is 0 Å². The molecule has 0 aliphatic heterocycles. The number of nitrogens with one attached hydrogen (secondary N) is 1. The largest absolute Gasteiger partial charge is 0.346 e. The van der Waals surface area contributed by atoms with Crippen molar-refractivity contribution in [1.29, 1.82) is 0 Å². The average molecular weight is 367 g/mol. The van der Waals surface area contributed by atoms with Crippen LogP contribution in [0.25, 0.3) is 0 Å². The summed E-state index contributed by atoms with van der Waals surface area (Å²) in [7, 11) is 2.82. The van der Waals surface area contributed by atoms with E-state index >= 15 is 0 Å². The number of carbonyl (C=O) groups excluding carboxylic acids is 1. The molecule has 2 aromatic heterocycles. The third-order valence-corrected chi connectivity index (χ3v) is 5.12. The van der Waals surface area contributed by atoms with Crippen molar-refractivity contribution in [2.75, 3.05) is 5.75 Å². The maximum atomic E-state index is 11.9. The first kappa shape index (κ1) is 18.1. The Bertz CT molecular complexity index is 910. The predicted molar refractivity (Wildman–Crippen MR) is 94.9 cm³/mol. The lowest BCUT2D eigenvalue weighted by Gasteiger charge is -2.05. The Labute approximate surface area is 146 Å². The van der Waals surface area contributed by atoms with Crippen molar-refractivity contribution >= 4 is 34.7 Å². The third-order valence-electron chi connectivity index (χ3n) is 3.08. The van der Waals surface area contributed by atoms with Crippen molar-refractivity contribution in [2.45, 2.75) is 18.9 Å². The van der Waals surface area contributed by atoms with Gasteiger partial charge in [-0.05, 0) is 26.0 Å². The molecule has 0 radical (unpaired) electrons. The lowest BCUT2D eigenvalue weighted by Crippen LogP contribution is -2.39. The highest BCUT2D eigenvalue weighted by Gasteiger charge is 2.11. The van der Waals surface area contributed by atoms with Gasteiger partial charge in [-0.1, -0.05) is 11.8 Å². The lowest BCUT2D eigenvalue weighted by atomic mass is 10.3. The minimum atomic E-state index is -0.523. The molecule has 24 heavy (non-hydrogen) atoms. The van der Waals surface area contributed by atoms with E-state index in [4.69, 9.17) is 0 Å². The maximum Gasteiger partial charge on any atom is 0.346 e. The number of carbonyl (C=O) groups is 1. The molecule has 128 valence electrons. The second-order valence-corrected chi connectivity index (χ2v) is 7.26. The molecule has 0 spiro atoms. The second kappa shape index (κ2) is 7.58. The number of hydrazone groups is 1. The zero-order valence-electron chi connectivity index (χ0n) is 13.7. The fraction of sp³-hybridized carbons (Fsp3) is 0.357. The summed E-state index contributed by atoms with van der Waals surface area (Å²) >= 11 is 2.55. The van der Waals surface area contributed by atoms with Gasteiger partial charge >= 0.3 is 5.69 Å². The monoisotopic (exact) mass is 367 g/mol. The van der Waals surface area contributed by atoms with Crippen LogP contribution in [0.1, 0.15) is 16.7 Å². The minimum absolute atomic E-state index is 0.0271. The van der Waals surface area contributed by atoms with Gasteiger partial charge in [0.25, 0.3) is 5.56 Å². The van der Waals surface area contributed by atoms with Gasteiger partial charge in [0, 0.05) is 19.0 Å². The zero-order valence-corrected chi connectivity index (χ0v) is 15.3. The smallest absolute Gasteiger partial charge is 0.272 e. The molecule has 2 heterocycles. The van der Waals surface area contributed by atoms with Crippen LogP contribution in [0.2, 0.25) is 0 Å². The Hall–Kier alpha value is -2.20. The van der Waals surface area contributed by atoms with Crippen LogP contribution >= 0.6 is 23.1 Å². The molecular formula is C14H17N5O3S2. The van der Waals surface area contributed by atoms with Gasteiger partial charge in [0.2, 0.25) is 5.91 Å². The number of aromatic nitrogens is 3. The molecule has 0 aliphatic carbocycles. The van der Waals surface area contributed by atoms with E-state index in [1.807, 2.05) is 26.0 Å². The molecular weight excluding hydrogens is 350 g/mol. The van der Waals surface area contributed by atoms with Gasteiger partial charge in [-0.3, -0.25) is 14.2 Å². The Morgan fingerprint density at radius 1 is 1.38 bits per heavy atom. The normalized spacial score (nSPS) is 11.6. The highest BCUT2D eigenvalue weighted by atomic mass is 32.2. The summed E-state index contributed by atoms with van der Waals surface area (Å²) in [5, 5.41) is 8.00. The third kappa shape index (κ3) is 4.20. The SMILES string of the molecule is C/C(=N/NC(=O)CSc1nn(C)c(=O)n(C)c1=O)c1ccc(C)s1. The van der Waals surface area contributed by atoms with Crippen molar-refractivity contribution in [3.8, 4) is 0 Å². The van der Waals surface area contributed by atoms with Gasteiger partial charge in [-0.2, -0.15) is 10.2 Å². The fourth-order valence-corrected chi connectivity index (χ4v) is 3.34. The van der Waals surface area contributed by atoms with Crippen LogP contribution in [0.4, 0.5) is 0 Å². The number of thiophene rings is 1. The van der Waals surface area contributed by atoms with E-state index < -0.39 is 11.2 Å². The molecule has 0 bridgehead atoms. The molecule has 0 fully saturated rings. The van der Waals surface area contributed by atoms with Crippen LogP contribution < -0.4 is 16.7 Å². The van der Waals surface area contributed by atoms with E-state index in [0.717, 1.165) is 30.8 Å². The van der Waals surface area contributed by atoms with Crippen LogP contribution in [0.3, 0.4) is 0 Å². The molecule has 2 aromatic rings. The molecule has 2 rings (SSSR count). The van der Waals surface area contributed by atoms with E-state index in [1.165, 1.54) is 14.1 Å². The van der Waals surface area contributed by atoms with Gasteiger partial charge in [0.15, 0.2) is 5.03 Å². The standard InChI is InChI=1S/C14H17N5O3S2/c1-8-5-6-10(24-8)9(2)15-16-11(20)7-23-12-13(21)18(3)14(22)19(4)17-12/h5-6H,7H2,1-4H3,(H,16,20)/b15-9-. The van der Waals surface area contributed by atoms with E-state index in [9.17, 15) is 14.4 Å². The van der Waals surface area contributed by atoms with E-state index in [0.29, 0.717) is 5.71 Å². The zero-order chi connectivity index (χ0) is 17.9. The Morgan fingerprint density at radius 2 is 2.08 bits per heavy atom. The van der Waals surface area contributed by atoms with Crippen molar-refractivity contribution in [2.24, 2.45) is 19.2 Å². The number of rotatable bonds is 5. The van der Waals surface area contributed by atoms with E-state index in [-0.39, 0.29) is 16.7 Å². The summed E-state index contributed by atoms with van der Waals surface area (Å²) in [6, 6.07) is 3.93. The van der Waals surface area contributed by atoms with Crippen molar-refractivity contribution in [3.05, 3.63) is 42.7 Å². The molecule has 8 nitrogen and oxygen atoms in total. The Balaban J connectivity index is 1.99. The van der Waals surface area contributed by atoms with Gasteiger partial charge in [0.05, 0.1) is 16.3 Å².